The maximum atomic E-state index is 4.27. The number of nitrogens with zero attached hydrogens (tertiary/aromatic N) is 3. The molecule has 0 aliphatic heterocycles. The molecule has 1 unspecified atom stereocenters. The Morgan fingerprint density at radius 2 is 2.18 bits per heavy atom. The summed E-state index contributed by atoms with van der Waals surface area (Å²) in [6.07, 6.45) is 7.05. The standard InChI is InChI=1S/C14H25N3/c1-11(2)6-5-7-17-10-13(15-16-17)8-12-9-14(12,3)4/h10-12H,5-9H2,1-4H3. The summed E-state index contributed by atoms with van der Waals surface area (Å²) in [7, 11) is 0. The Balaban J connectivity index is 1.76. The molecule has 3 heteroatoms. The second-order valence-corrected chi connectivity index (χ2v) is 6.60. The van der Waals surface area contributed by atoms with E-state index in [0.717, 1.165) is 24.8 Å². The molecule has 3 nitrogen and oxygen atoms in total. The number of rotatable bonds is 6. The van der Waals surface area contributed by atoms with Gasteiger partial charge >= 0.3 is 0 Å². The van der Waals surface area contributed by atoms with Crippen LogP contribution in [0.5, 0.6) is 0 Å². The summed E-state index contributed by atoms with van der Waals surface area (Å²) in [5.74, 6) is 1.61. The quantitative estimate of drug-likeness (QED) is 0.757. The molecule has 0 N–H and O–H groups in total. The summed E-state index contributed by atoms with van der Waals surface area (Å²) < 4.78 is 2.01. The molecule has 1 aromatic heterocycles. The zero-order chi connectivity index (χ0) is 12.5. The maximum absolute atomic E-state index is 4.27. The van der Waals surface area contributed by atoms with Crippen LogP contribution in [0.4, 0.5) is 0 Å². The minimum absolute atomic E-state index is 0.543. The lowest BCUT2D eigenvalue weighted by Crippen LogP contribution is -2.00. The predicted molar refractivity (Wildman–Crippen MR) is 69.7 cm³/mol. The third-order valence-corrected chi connectivity index (χ3v) is 3.93. The second-order valence-electron chi connectivity index (χ2n) is 6.60. The van der Waals surface area contributed by atoms with Crippen LogP contribution in [0.2, 0.25) is 0 Å². The molecule has 2 rings (SSSR count). The summed E-state index contributed by atoms with van der Waals surface area (Å²) in [6.45, 7) is 10.2. The van der Waals surface area contributed by atoms with Crippen LogP contribution in [0.3, 0.4) is 0 Å². The Hall–Kier alpha value is -0.860. The molecular weight excluding hydrogens is 210 g/mol. The minimum Gasteiger partial charge on any atom is -0.252 e. The van der Waals surface area contributed by atoms with Gasteiger partial charge in [0, 0.05) is 12.7 Å². The molecule has 0 spiro atoms. The molecule has 1 atom stereocenters. The van der Waals surface area contributed by atoms with Crippen LogP contribution in [-0.2, 0) is 13.0 Å². The van der Waals surface area contributed by atoms with Crippen molar-refractivity contribution in [3.05, 3.63) is 11.9 Å². The first-order valence-corrected chi connectivity index (χ1v) is 6.86. The summed E-state index contributed by atoms with van der Waals surface area (Å²) >= 11 is 0. The van der Waals surface area contributed by atoms with Crippen LogP contribution in [0.25, 0.3) is 0 Å². The lowest BCUT2D eigenvalue weighted by molar-refractivity contribution is 0.482. The van der Waals surface area contributed by atoms with E-state index in [1.165, 1.54) is 25.0 Å². The lowest BCUT2D eigenvalue weighted by Gasteiger charge is -2.03. The average Bonchev–Trinajstić information content (AvgIpc) is 2.63. The molecule has 0 saturated heterocycles. The highest BCUT2D eigenvalue weighted by Crippen LogP contribution is 2.52. The van der Waals surface area contributed by atoms with Crippen LogP contribution < -0.4 is 0 Å². The Kier molecular flexibility index (Phi) is 3.55. The van der Waals surface area contributed by atoms with Gasteiger partial charge in [0.1, 0.15) is 0 Å². The third kappa shape index (κ3) is 3.55. The van der Waals surface area contributed by atoms with Crippen molar-refractivity contribution in [3.8, 4) is 0 Å². The molecule has 0 aromatic carbocycles. The van der Waals surface area contributed by atoms with Crippen LogP contribution in [0, 0.1) is 17.3 Å². The van der Waals surface area contributed by atoms with E-state index in [2.05, 4.69) is 44.2 Å². The Morgan fingerprint density at radius 3 is 2.76 bits per heavy atom. The fraction of sp³-hybridized carbons (Fsp3) is 0.857. The molecule has 96 valence electrons. The van der Waals surface area contributed by atoms with Gasteiger partial charge in [-0.15, -0.1) is 5.10 Å². The van der Waals surface area contributed by atoms with E-state index < -0.39 is 0 Å². The summed E-state index contributed by atoms with van der Waals surface area (Å²) in [4.78, 5) is 0. The molecule has 1 aromatic rings. The molecule has 0 bridgehead atoms. The monoisotopic (exact) mass is 235 g/mol. The zero-order valence-corrected chi connectivity index (χ0v) is 11.6. The predicted octanol–water partition coefficient (Wildman–Crippen LogP) is 3.30. The van der Waals surface area contributed by atoms with Crippen LogP contribution >= 0.6 is 0 Å². The third-order valence-electron chi connectivity index (χ3n) is 3.93. The van der Waals surface area contributed by atoms with Gasteiger partial charge in [-0.1, -0.05) is 32.9 Å². The topological polar surface area (TPSA) is 30.7 Å². The van der Waals surface area contributed by atoms with Crippen molar-refractivity contribution in [3.63, 3.8) is 0 Å². The largest absolute Gasteiger partial charge is 0.252 e. The van der Waals surface area contributed by atoms with Gasteiger partial charge in [-0.2, -0.15) is 0 Å². The molecule has 1 heterocycles. The van der Waals surface area contributed by atoms with Gasteiger partial charge in [0.25, 0.3) is 0 Å². The van der Waals surface area contributed by atoms with Gasteiger partial charge in [0.2, 0.25) is 0 Å². The number of hydrogen-bond acceptors (Lipinski definition) is 2. The van der Waals surface area contributed by atoms with Crippen LogP contribution in [-0.4, -0.2) is 15.0 Å². The maximum Gasteiger partial charge on any atom is 0.0830 e. The molecular formula is C14H25N3. The van der Waals surface area contributed by atoms with E-state index >= 15 is 0 Å². The number of aryl methyl sites for hydroxylation is 1. The van der Waals surface area contributed by atoms with Crippen LogP contribution in [0.15, 0.2) is 6.20 Å². The highest BCUT2D eigenvalue weighted by Gasteiger charge is 2.45. The summed E-state index contributed by atoms with van der Waals surface area (Å²) in [5, 5.41) is 8.48. The normalized spacial score (nSPS) is 22.1. The van der Waals surface area contributed by atoms with E-state index in [1.54, 1.807) is 0 Å². The SMILES string of the molecule is CC(C)CCCn1cc(CC2CC2(C)C)nn1. The van der Waals surface area contributed by atoms with Crippen LogP contribution in [0.1, 0.15) is 52.7 Å². The molecule has 0 amide bonds. The van der Waals surface area contributed by atoms with Gasteiger partial charge in [-0.3, -0.25) is 4.68 Å². The Morgan fingerprint density at radius 1 is 1.47 bits per heavy atom. The fourth-order valence-electron chi connectivity index (χ4n) is 2.38. The Bertz CT molecular complexity index is 365. The van der Waals surface area contributed by atoms with Crippen molar-refractivity contribution in [2.75, 3.05) is 0 Å². The highest BCUT2D eigenvalue weighted by molar-refractivity contribution is 5.04. The van der Waals surface area contributed by atoms with Crippen molar-refractivity contribution in [2.45, 2.75) is 59.9 Å². The van der Waals surface area contributed by atoms with Gasteiger partial charge in [0.05, 0.1) is 5.69 Å². The first-order valence-electron chi connectivity index (χ1n) is 6.86. The van der Waals surface area contributed by atoms with Gasteiger partial charge in [-0.05, 0) is 42.9 Å². The smallest absolute Gasteiger partial charge is 0.0830 e. The van der Waals surface area contributed by atoms with E-state index in [4.69, 9.17) is 0 Å². The average molecular weight is 235 g/mol. The molecule has 1 saturated carbocycles. The highest BCUT2D eigenvalue weighted by atomic mass is 15.4. The van der Waals surface area contributed by atoms with E-state index in [1.807, 2.05) is 4.68 Å². The Labute approximate surface area is 105 Å². The lowest BCUT2D eigenvalue weighted by atomic mass is 10.1. The van der Waals surface area contributed by atoms with Gasteiger partial charge < -0.3 is 0 Å². The molecule has 1 aliphatic rings. The van der Waals surface area contributed by atoms with Crippen molar-refractivity contribution in [1.82, 2.24) is 15.0 Å². The van der Waals surface area contributed by atoms with Crippen molar-refractivity contribution in [2.24, 2.45) is 17.3 Å². The second kappa shape index (κ2) is 4.79. The van der Waals surface area contributed by atoms with E-state index in [9.17, 15) is 0 Å². The summed E-state index contributed by atoms with van der Waals surface area (Å²) in [6, 6.07) is 0. The summed E-state index contributed by atoms with van der Waals surface area (Å²) in [5.41, 5.74) is 1.71. The molecule has 1 aliphatic carbocycles. The van der Waals surface area contributed by atoms with Gasteiger partial charge in [-0.25, -0.2) is 0 Å². The van der Waals surface area contributed by atoms with Crippen molar-refractivity contribution < 1.29 is 0 Å². The molecule has 1 fully saturated rings. The van der Waals surface area contributed by atoms with E-state index in [-0.39, 0.29) is 0 Å². The number of hydrogen-bond donors (Lipinski definition) is 0. The fourth-order valence-corrected chi connectivity index (χ4v) is 2.38. The van der Waals surface area contributed by atoms with Gasteiger partial charge in [0.15, 0.2) is 0 Å². The number of aromatic nitrogens is 3. The molecule has 0 radical (unpaired) electrons. The van der Waals surface area contributed by atoms with Crippen molar-refractivity contribution >= 4 is 0 Å². The first-order chi connectivity index (χ1) is 7.97. The van der Waals surface area contributed by atoms with E-state index in [0.29, 0.717) is 5.41 Å². The van der Waals surface area contributed by atoms with Crippen molar-refractivity contribution in [1.29, 1.82) is 0 Å². The minimum atomic E-state index is 0.543. The zero-order valence-electron chi connectivity index (χ0n) is 11.6. The first kappa shape index (κ1) is 12.6. The molecule has 17 heavy (non-hydrogen) atoms.